The largest absolute Gasteiger partial charge is 0.497 e. The van der Waals surface area contributed by atoms with Crippen LogP contribution in [-0.4, -0.2) is 47.8 Å². The van der Waals surface area contributed by atoms with Crippen LogP contribution in [0.4, 0.5) is 0 Å². The smallest absolute Gasteiger partial charge is 0.275 e. The molecule has 1 atom stereocenters. The molecule has 1 saturated heterocycles. The lowest BCUT2D eigenvalue weighted by Crippen LogP contribution is -2.41. The number of fused-ring (bicyclic) bond motifs is 1. The fraction of sp³-hybridized carbons (Fsp3) is 0.333. The van der Waals surface area contributed by atoms with Crippen LogP contribution in [0.5, 0.6) is 11.5 Å². The van der Waals surface area contributed by atoms with Crippen LogP contribution in [0, 0.1) is 5.92 Å². The normalized spacial score (nSPS) is 17.1. The first-order chi connectivity index (χ1) is 13.2. The summed E-state index contributed by atoms with van der Waals surface area (Å²) in [6.07, 6.45) is 2.02. The van der Waals surface area contributed by atoms with Gasteiger partial charge in [-0.1, -0.05) is 24.3 Å². The minimum Gasteiger partial charge on any atom is -0.497 e. The van der Waals surface area contributed by atoms with E-state index >= 15 is 0 Å². The molecular formula is C21H23N3O3. The van der Waals surface area contributed by atoms with Crippen molar-refractivity contribution in [2.24, 2.45) is 5.92 Å². The fourth-order valence-corrected chi connectivity index (χ4v) is 3.57. The van der Waals surface area contributed by atoms with Crippen LogP contribution in [0.15, 0.2) is 48.5 Å². The number of rotatable bonds is 5. The molecule has 0 unspecified atom stereocenters. The van der Waals surface area contributed by atoms with E-state index in [-0.39, 0.29) is 5.91 Å². The quantitative estimate of drug-likeness (QED) is 0.751. The van der Waals surface area contributed by atoms with E-state index in [1.165, 1.54) is 0 Å². The summed E-state index contributed by atoms with van der Waals surface area (Å²) in [6, 6.07) is 15.3. The number of nitrogens with zero attached hydrogens (tertiary/aromatic N) is 2. The molecule has 1 aliphatic rings. The van der Waals surface area contributed by atoms with Crippen LogP contribution in [-0.2, 0) is 0 Å². The SMILES string of the molecule is COc1cccc(OC[C@H]2CCCN(C(=O)c3n[nH]c4ccccc34)C2)c1. The number of benzene rings is 2. The van der Waals surface area contributed by atoms with E-state index in [9.17, 15) is 4.79 Å². The number of aromatic amines is 1. The Labute approximate surface area is 158 Å². The zero-order valence-electron chi connectivity index (χ0n) is 15.4. The first-order valence-corrected chi connectivity index (χ1v) is 9.24. The first-order valence-electron chi connectivity index (χ1n) is 9.24. The Morgan fingerprint density at radius 3 is 2.96 bits per heavy atom. The molecule has 6 nitrogen and oxygen atoms in total. The molecule has 1 amide bonds. The van der Waals surface area contributed by atoms with Gasteiger partial charge in [0.05, 0.1) is 19.2 Å². The number of ether oxygens (including phenoxy) is 2. The number of hydrogen-bond donors (Lipinski definition) is 1. The van der Waals surface area contributed by atoms with Gasteiger partial charge in [0.2, 0.25) is 0 Å². The molecule has 140 valence electrons. The topological polar surface area (TPSA) is 67.5 Å². The van der Waals surface area contributed by atoms with E-state index in [1.807, 2.05) is 53.4 Å². The zero-order valence-corrected chi connectivity index (χ0v) is 15.4. The number of para-hydroxylation sites is 1. The third-order valence-corrected chi connectivity index (χ3v) is 5.01. The van der Waals surface area contributed by atoms with Crippen molar-refractivity contribution in [2.45, 2.75) is 12.8 Å². The molecule has 0 bridgehead atoms. The Balaban J connectivity index is 1.41. The summed E-state index contributed by atoms with van der Waals surface area (Å²) in [5.74, 6) is 1.85. The highest BCUT2D eigenvalue weighted by atomic mass is 16.5. The third-order valence-electron chi connectivity index (χ3n) is 5.01. The number of carbonyl (C=O) groups is 1. The monoisotopic (exact) mass is 365 g/mol. The molecular weight excluding hydrogens is 342 g/mol. The molecule has 4 rings (SSSR count). The lowest BCUT2D eigenvalue weighted by atomic mass is 9.98. The van der Waals surface area contributed by atoms with Crippen molar-refractivity contribution in [3.63, 3.8) is 0 Å². The molecule has 1 aliphatic heterocycles. The number of hydrogen-bond acceptors (Lipinski definition) is 4. The van der Waals surface area contributed by atoms with Crippen molar-refractivity contribution in [1.82, 2.24) is 15.1 Å². The Bertz CT molecular complexity index is 937. The molecule has 3 aromatic rings. The summed E-state index contributed by atoms with van der Waals surface area (Å²) in [4.78, 5) is 14.9. The minimum atomic E-state index is -0.0152. The second-order valence-electron chi connectivity index (χ2n) is 6.87. The Morgan fingerprint density at radius 1 is 1.22 bits per heavy atom. The number of aromatic nitrogens is 2. The van der Waals surface area contributed by atoms with Crippen molar-refractivity contribution >= 4 is 16.8 Å². The maximum Gasteiger partial charge on any atom is 0.275 e. The predicted molar refractivity (Wildman–Crippen MR) is 103 cm³/mol. The number of H-pyrrole nitrogens is 1. The molecule has 0 radical (unpaired) electrons. The van der Waals surface area contributed by atoms with Gasteiger partial charge in [-0.2, -0.15) is 5.10 Å². The Kier molecular flexibility index (Phi) is 4.96. The second-order valence-corrected chi connectivity index (χ2v) is 6.87. The summed E-state index contributed by atoms with van der Waals surface area (Å²) in [7, 11) is 1.64. The number of methoxy groups -OCH3 is 1. The van der Waals surface area contributed by atoms with Crippen LogP contribution < -0.4 is 9.47 Å². The molecule has 2 aromatic carbocycles. The van der Waals surface area contributed by atoms with Crippen LogP contribution in [0.2, 0.25) is 0 Å². The van der Waals surface area contributed by atoms with Gasteiger partial charge >= 0.3 is 0 Å². The molecule has 1 aromatic heterocycles. The molecule has 6 heteroatoms. The van der Waals surface area contributed by atoms with E-state index in [4.69, 9.17) is 9.47 Å². The molecule has 1 N–H and O–H groups in total. The number of piperidine rings is 1. The van der Waals surface area contributed by atoms with Crippen molar-refractivity contribution in [3.8, 4) is 11.5 Å². The van der Waals surface area contributed by atoms with E-state index in [0.29, 0.717) is 24.8 Å². The van der Waals surface area contributed by atoms with E-state index in [1.54, 1.807) is 7.11 Å². The molecule has 0 spiro atoms. The van der Waals surface area contributed by atoms with Crippen LogP contribution in [0.1, 0.15) is 23.3 Å². The Hall–Kier alpha value is -3.02. The van der Waals surface area contributed by atoms with Gasteiger partial charge in [0, 0.05) is 30.5 Å². The highest BCUT2D eigenvalue weighted by Crippen LogP contribution is 2.24. The average Bonchev–Trinajstić information content (AvgIpc) is 3.16. The minimum absolute atomic E-state index is 0.0152. The van der Waals surface area contributed by atoms with Gasteiger partial charge in [0.15, 0.2) is 5.69 Å². The van der Waals surface area contributed by atoms with Gasteiger partial charge in [-0.15, -0.1) is 0 Å². The lowest BCUT2D eigenvalue weighted by molar-refractivity contribution is 0.0629. The summed E-state index contributed by atoms with van der Waals surface area (Å²) in [5.41, 5.74) is 1.38. The van der Waals surface area contributed by atoms with Crippen LogP contribution in [0.25, 0.3) is 10.9 Å². The number of likely N-dealkylation sites (tertiary alicyclic amines) is 1. The van der Waals surface area contributed by atoms with E-state index in [2.05, 4.69) is 10.2 Å². The van der Waals surface area contributed by atoms with Crippen molar-refractivity contribution in [3.05, 3.63) is 54.2 Å². The van der Waals surface area contributed by atoms with Gasteiger partial charge in [-0.25, -0.2) is 0 Å². The van der Waals surface area contributed by atoms with Crippen molar-refractivity contribution in [1.29, 1.82) is 0 Å². The lowest BCUT2D eigenvalue weighted by Gasteiger charge is -2.32. The van der Waals surface area contributed by atoms with Gasteiger partial charge in [0.25, 0.3) is 5.91 Å². The number of nitrogens with one attached hydrogen (secondary N) is 1. The molecule has 0 aliphatic carbocycles. The van der Waals surface area contributed by atoms with Gasteiger partial charge in [-0.3, -0.25) is 9.89 Å². The fourth-order valence-electron chi connectivity index (χ4n) is 3.57. The molecule has 0 saturated carbocycles. The predicted octanol–water partition coefficient (Wildman–Crippen LogP) is 3.50. The molecule has 1 fully saturated rings. The highest BCUT2D eigenvalue weighted by molar-refractivity contribution is 6.04. The van der Waals surface area contributed by atoms with Gasteiger partial charge < -0.3 is 14.4 Å². The van der Waals surface area contributed by atoms with Gasteiger partial charge in [0.1, 0.15) is 11.5 Å². The maximum absolute atomic E-state index is 13.0. The number of amides is 1. The van der Waals surface area contributed by atoms with Crippen LogP contribution in [0.3, 0.4) is 0 Å². The average molecular weight is 365 g/mol. The standard InChI is InChI=1S/C21H23N3O3/c1-26-16-7-4-8-17(12-16)27-14-15-6-5-11-24(13-15)21(25)20-18-9-2-3-10-19(18)22-23-20/h2-4,7-10,12,15H,5-6,11,13-14H2,1H3,(H,22,23)/t15-/m0/s1. The van der Waals surface area contributed by atoms with Crippen molar-refractivity contribution in [2.75, 3.05) is 26.8 Å². The third kappa shape index (κ3) is 3.74. The van der Waals surface area contributed by atoms with E-state index < -0.39 is 0 Å². The summed E-state index contributed by atoms with van der Waals surface area (Å²) in [6.45, 7) is 2.03. The van der Waals surface area contributed by atoms with Crippen LogP contribution >= 0.6 is 0 Å². The molecule has 2 heterocycles. The summed E-state index contributed by atoms with van der Waals surface area (Å²) in [5, 5.41) is 8.06. The van der Waals surface area contributed by atoms with E-state index in [0.717, 1.165) is 41.8 Å². The van der Waals surface area contributed by atoms with Gasteiger partial charge in [-0.05, 0) is 31.0 Å². The summed E-state index contributed by atoms with van der Waals surface area (Å²) >= 11 is 0. The first kappa shape index (κ1) is 17.4. The number of carbonyl (C=O) groups excluding carboxylic acids is 1. The summed E-state index contributed by atoms with van der Waals surface area (Å²) < 4.78 is 11.2. The maximum atomic E-state index is 13.0. The Morgan fingerprint density at radius 2 is 2.07 bits per heavy atom. The highest BCUT2D eigenvalue weighted by Gasteiger charge is 2.27. The second kappa shape index (κ2) is 7.70. The molecule has 27 heavy (non-hydrogen) atoms. The zero-order chi connectivity index (χ0) is 18.6. The van der Waals surface area contributed by atoms with Crippen molar-refractivity contribution < 1.29 is 14.3 Å².